The molecular weight excluding hydrogens is 511 g/mol. The monoisotopic (exact) mass is 556 g/mol. The number of aliphatic imine (C=N–C) groups is 1. The summed E-state index contributed by atoms with van der Waals surface area (Å²) in [7, 11) is 3.78. The molecule has 1 saturated heterocycles. The summed E-state index contributed by atoms with van der Waals surface area (Å²) < 4.78 is 16.7. The van der Waals surface area contributed by atoms with E-state index in [4.69, 9.17) is 19.2 Å². The van der Waals surface area contributed by atoms with Crippen molar-refractivity contribution < 1.29 is 19.0 Å². The van der Waals surface area contributed by atoms with Crippen LogP contribution in [-0.2, 0) is 14.2 Å². The predicted octanol–water partition coefficient (Wildman–Crippen LogP) is 3.64. The number of halogens is 1. The first kappa shape index (κ1) is 30.2. The number of carbonyl (C=O) groups excluding carboxylic acids is 1. The van der Waals surface area contributed by atoms with E-state index in [0.29, 0.717) is 25.7 Å². The van der Waals surface area contributed by atoms with E-state index < -0.39 is 5.60 Å². The summed E-state index contributed by atoms with van der Waals surface area (Å²) >= 11 is 0. The van der Waals surface area contributed by atoms with Crippen LogP contribution in [0.15, 0.2) is 4.99 Å². The number of alkyl carbamates (subject to hydrolysis) is 1. The fourth-order valence-corrected chi connectivity index (χ4v) is 3.33. The van der Waals surface area contributed by atoms with E-state index in [2.05, 4.69) is 36.3 Å². The highest BCUT2D eigenvalue weighted by atomic mass is 127. The highest BCUT2D eigenvalue weighted by molar-refractivity contribution is 14.0. The Labute approximate surface area is 206 Å². The SMILES string of the molecule is CCNC(=NCC1(OC)CCOCC1)N(C)CCC(NC(=O)OC(C)(C)C)C(C)C.I. The van der Waals surface area contributed by atoms with Gasteiger partial charge in [0.15, 0.2) is 5.96 Å². The quantitative estimate of drug-likeness (QED) is 0.257. The number of rotatable bonds is 9. The van der Waals surface area contributed by atoms with Crippen molar-refractivity contribution in [1.82, 2.24) is 15.5 Å². The van der Waals surface area contributed by atoms with Crippen molar-refractivity contribution in [2.75, 3.05) is 47.0 Å². The maximum atomic E-state index is 12.2. The van der Waals surface area contributed by atoms with Gasteiger partial charge in [-0.3, -0.25) is 4.99 Å². The Morgan fingerprint density at radius 1 is 1.26 bits per heavy atom. The maximum Gasteiger partial charge on any atom is 0.407 e. The standard InChI is InChI=1S/C22H44N4O4.HI/c1-9-23-19(24-16-22(28-8)11-14-29-15-12-22)26(7)13-10-18(17(2)3)25-20(27)30-21(4,5)6;/h17-18H,9-16H2,1-8H3,(H,23,24)(H,25,27);1H. The number of nitrogens with one attached hydrogen (secondary N) is 2. The Bertz CT molecular complexity index is 546. The second kappa shape index (κ2) is 14.4. The smallest absolute Gasteiger partial charge is 0.407 e. The van der Waals surface area contributed by atoms with Crippen molar-refractivity contribution in [3.05, 3.63) is 0 Å². The molecule has 0 saturated carbocycles. The lowest BCUT2D eigenvalue weighted by Gasteiger charge is -2.35. The van der Waals surface area contributed by atoms with Crippen molar-refractivity contribution in [3.63, 3.8) is 0 Å². The third-order valence-electron chi connectivity index (χ3n) is 5.33. The Kier molecular flexibility index (Phi) is 14.0. The van der Waals surface area contributed by atoms with E-state index >= 15 is 0 Å². The van der Waals surface area contributed by atoms with E-state index in [1.165, 1.54) is 0 Å². The molecular formula is C22H45IN4O4. The lowest BCUT2D eigenvalue weighted by atomic mass is 9.94. The molecule has 0 aromatic heterocycles. The van der Waals surface area contributed by atoms with Crippen LogP contribution in [0.2, 0.25) is 0 Å². The van der Waals surface area contributed by atoms with Gasteiger partial charge in [-0.25, -0.2) is 4.79 Å². The van der Waals surface area contributed by atoms with Gasteiger partial charge in [-0.15, -0.1) is 24.0 Å². The largest absolute Gasteiger partial charge is 0.444 e. The second-order valence-corrected chi connectivity index (χ2v) is 9.38. The summed E-state index contributed by atoms with van der Waals surface area (Å²) in [5.41, 5.74) is -0.757. The zero-order valence-electron chi connectivity index (χ0n) is 20.7. The third-order valence-corrected chi connectivity index (χ3v) is 5.33. The van der Waals surface area contributed by atoms with Crippen molar-refractivity contribution >= 4 is 36.0 Å². The second-order valence-electron chi connectivity index (χ2n) is 9.38. The molecule has 1 amide bonds. The Hall–Kier alpha value is -0.810. The minimum atomic E-state index is -0.505. The van der Waals surface area contributed by atoms with Gasteiger partial charge in [0.2, 0.25) is 0 Å². The molecule has 1 aliphatic heterocycles. The number of hydrogen-bond donors (Lipinski definition) is 2. The number of methoxy groups -OCH3 is 1. The Morgan fingerprint density at radius 2 is 1.87 bits per heavy atom. The predicted molar refractivity (Wildman–Crippen MR) is 136 cm³/mol. The molecule has 0 aliphatic carbocycles. The van der Waals surface area contributed by atoms with Crippen molar-refractivity contribution in [2.45, 2.75) is 78.0 Å². The molecule has 1 atom stereocenters. The number of hydrogen-bond acceptors (Lipinski definition) is 5. The molecule has 0 radical (unpaired) electrons. The summed E-state index contributed by atoms with van der Waals surface area (Å²) in [6, 6.07) is 0.0194. The third kappa shape index (κ3) is 11.6. The molecule has 1 fully saturated rings. The highest BCUT2D eigenvalue weighted by Gasteiger charge is 2.32. The number of carbonyl (C=O) groups is 1. The van der Waals surface area contributed by atoms with E-state index in [0.717, 1.165) is 38.3 Å². The molecule has 1 aliphatic rings. The first-order valence-corrected chi connectivity index (χ1v) is 11.1. The molecule has 1 rings (SSSR count). The Balaban J connectivity index is 0.00000900. The molecule has 184 valence electrons. The van der Waals surface area contributed by atoms with Gasteiger partial charge in [0.05, 0.1) is 12.1 Å². The number of ether oxygens (including phenoxy) is 3. The summed E-state index contributed by atoms with van der Waals surface area (Å²) in [6.45, 7) is 15.4. The average molecular weight is 557 g/mol. The van der Waals surface area contributed by atoms with Crippen LogP contribution in [0.3, 0.4) is 0 Å². The molecule has 9 heteroatoms. The van der Waals surface area contributed by atoms with Gasteiger partial charge in [0.25, 0.3) is 0 Å². The lowest BCUT2D eigenvalue weighted by molar-refractivity contribution is -0.0829. The molecule has 0 bridgehead atoms. The van der Waals surface area contributed by atoms with Gasteiger partial charge in [-0.2, -0.15) is 0 Å². The topological polar surface area (TPSA) is 84.4 Å². The van der Waals surface area contributed by atoms with Crippen molar-refractivity contribution in [3.8, 4) is 0 Å². The first-order chi connectivity index (χ1) is 14.0. The Morgan fingerprint density at radius 3 is 2.35 bits per heavy atom. The average Bonchev–Trinajstić information content (AvgIpc) is 2.67. The molecule has 8 nitrogen and oxygen atoms in total. The van der Waals surface area contributed by atoms with Crippen LogP contribution in [0.5, 0.6) is 0 Å². The van der Waals surface area contributed by atoms with E-state index in [9.17, 15) is 4.79 Å². The minimum Gasteiger partial charge on any atom is -0.444 e. The fraction of sp³-hybridized carbons (Fsp3) is 0.909. The molecule has 31 heavy (non-hydrogen) atoms. The first-order valence-electron chi connectivity index (χ1n) is 11.1. The molecule has 0 aromatic carbocycles. The molecule has 2 N–H and O–H groups in total. The molecule has 1 heterocycles. The molecule has 1 unspecified atom stereocenters. The van der Waals surface area contributed by atoms with Crippen LogP contribution in [0, 0.1) is 5.92 Å². The van der Waals surface area contributed by atoms with Gasteiger partial charge >= 0.3 is 6.09 Å². The van der Waals surface area contributed by atoms with Gasteiger partial charge in [-0.05, 0) is 40.0 Å². The van der Waals surface area contributed by atoms with Gasteiger partial charge in [-0.1, -0.05) is 13.8 Å². The van der Waals surface area contributed by atoms with Crippen LogP contribution < -0.4 is 10.6 Å². The van der Waals surface area contributed by atoms with E-state index in [-0.39, 0.29) is 41.7 Å². The van der Waals surface area contributed by atoms with Gasteiger partial charge in [0, 0.05) is 59.3 Å². The summed E-state index contributed by atoms with van der Waals surface area (Å²) in [5, 5.41) is 6.38. The minimum absolute atomic E-state index is 0. The summed E-state index contributed by atoms with van der Waals surface area (Å²) in [4.78, 5) is 19.2. The van der Waals surface area contributed by atoms with Gasteiger partial charge < -0.3 is 29.7 Å². The van der Waals surface area contributed by atoms with Gasteiger partial charge in [0.1, 0.15) is 5.60 Å². The van der Waals surface area contributed by atoms with Crippen LogP contribution >= 0.6 is 24.0 Å². The lowest BCUT2D eigenvalue weighted by Crippen LogP contribution is -2.46. The van der Waals surface area contributed by atoms with Crippen LogP contribution in [0.1, 0.15) is 60.8 Å². The van der Waals surface area contributed by atoms with Crippen LogP contribution in [0.25, 0.3) is 0 Å². The van der Waals surface area contributed by atoms with Crippen LogP contribution in [-0.4, -0.2) is 81.2 Å². The summed E-state index contributed by atoms with van der Waals surface area (Å²) in [6.07, 6.45) is 2.13. The summed E-state index contributed by atoms with van der Waals surface area (Å²) in [5.74, 6) is 1.14. The molecule has 0 spiro atoms. The number of nitrogens with zero attached hydrogens (tertiary/aromatic N) is 2. The number of guanidine groups is 1. The highest BCUT2D eigenvalue weighted by Crippen LogP contribution is 2.24. The maximum absolute atomic E-state index is 12.2. The van der Waals surface area contributed by atoms with E-state index in [1.54, 1.807) is 7.11 Å². The number of amides is 1. The van der Waals surface area contributed by atoms with Crippen LogP contribution in [0.4, 0.5) is 4.79 Å². The normalized spacial score (nSPS) is 17.5. The fourth-order valence-electron chi connectivity index (χ4n) is 3.33. The molecule has 0 aromatic rings. The zero-order valence-corrected chi connectivity index (χ0v) is 23.1. The van der Waals surface area contributed by atoms with E-state index in [1.807, 2.05) is 27.8 Å². The van der Waals surface area contributed by atoms with Crippen molar-refractivity contribution in [1.29, 1.82) is 0 Å². The zero-order chi connectivity index (χ0) is 22.8. The van der Waals surface area contributed by atoms with Crippen molar-refractivity contribution in [2.24, 2.45) is 10.9 Å².